The fourth-order valence-electron chi connectivity index (χ4n) is 1.18. The molecule has 0 aliphatic rings. The van der Waals surface area contributed by atoms with E-state index in [1.807, 2.05) is 52.8 Å². The minimum absolute atomic E-state index is 0.301. The van der Waals surface area contributed by atoms with E-state index in [-0.39, 0.29) is 4.75 Å². The van der Waals surface area contributed by atoms with Crippen molar-refractivity contribution in [1.82, 2.24) is 0 Å². The molecular weight excluding hydrogens is 218 g/mol. The SMILES string of the molecule is CC(=N[S@+]([O-])C(C)(C)C)c1cccc(C)c1. The zero-order valence-electron chi connectivity index (χ0n) is 10.6. The van der Waals surface area contributed by atoms with Crippen LogP contribution in [0.15, 0.2) is 28.7 Å². The first-order valence-electron chi connectivity index (χ1n) is 5.35. The maximum atomic E-state index is 11.9. The lowest BCUT2D eigenvalue weighted by Gasteiger charge is -2.18. The van der Waals surface area contributed by atoms with Gasteiger partial charge in [-0.15, -0.1) is 0 Å². The lowest BCUT2D eigenvalue weighted by Crippen LogP contribution is -2.26. The van der Waals surface area contributed by atoms with Gasteiger partial charge in [0.05, 0.1) is 5.71 Å². The number of rotatable bonds is 2. The van der Waals surface area contributed by atoms with Gasteiger partial charge in [-0.05, 0) is 34.6 Å². The summed E-state index contributed by atoms with van der Waals surface area (Å²) in [6.45, 7) is 9.72. The monoisotopic (exact) mass is 237 g/mol. The summed E-state index contributed by atoms with van der Waals surface area (Å²) in [5, 5.41) is 0. The number of hydrogen-bond acceptors (Lipinski definition) is 2. The molecule has 0 aliphatic heterocycles. The fraction of sp³-hybridized carbons (Fsp3) is 0.462. The Bertz CT molecular complexity index is 393. The van der Waals surface area contributed by atoms with Crippen molar-refractivity contribution in [2.45, 2.75) is 39.4 Å². The summed E-state index contributed by atoms with van der Waals surface area (Å²) < 4.78 is 15.8. The first-order valence-corrected chi connectivity index (χ1v) is 6.46. The summed E-state index contributed by atoms with van der Waals surface area (Å²) in [4.78, 5) is 0. The Hall–Kier alpha value is -0.800. The van der Waals surface area contributed by atoms with E-state index >= 15 is 0 Å². The van der Waals surface area contributed by atoms with Crippen molar-refractivity contribution < 1.29 is 4.55 Å². The maximum Gasteiger partial charge on any atom is 0.144 e. The molecular formula is C13H19NOS. The van der Waals surface area contributed by atoms with Crippen LogP contribution >= 0.6 is 0 Å². The lowest BCUT2D eigenvalue weighted by molar-refractivity contribution is 0.561. The lowest BCUT2D eigenvalue weighted by atomic mass is 10.1. The largest absolute Gasteiger partial charge is 0.591 e. The van der Waals surface area contributed by atoms with Gasteiger partial charge < -0.3 is 4.55 Å². The third-order valence-electron chi connectivity index (χ3n) is 2.18. The molecule has 0 bridgehead atoms. The second-order valence-corrected chi connectivity index (χ2v) is 6.81. The van der Waals surface area contributed by atoms with Gasteiger partial charge in [-0.25, -0.2) is 0 Å². The van der Waals surface area contributed by atoms with Crippen LogP contribution in [0.3, 0.4) is 0 Å². The first-order chi connectivity index (χ1) is 7.30. The van der Waals surface area contributed by atoms with Crippen LogP contribution in [-0.4, -0.2) is 15.0 Å². The van der Waals surface area contributed by atoms with E-state index in [1.165, 1.54) is 5.56 Å². The van der Waals surface area contributed by atoms with E-state index in [0.29, 0.717) is 0 Å². The van der Waals surface area contributed by atoms with E-state index in [1.54, 1.807) is 0 Å². The predicted molar refractivity (Wildman–Crippen MR) is 71.3 cm³/mol. The minimum Gasteiger partial charge on any atom is -0.591 e. The predicted octanol–water partition coefficient (Wildman–Crippen LogP) is 3.27. The highest BCUT2D eigenvalue weighted by atomic mass is 32.2. The highest BCUT2D eigenvalue weighted by molar-refractivity contribution is 7.91. The second-order valence-electron chi connectivity index (χ2n) is 4.91. The Kier molecular flexibility index (Phi) is 4.16. The molecule has 1 atom stereocenters. The summed E-state index contributed by atoms with van der Waals surface area (Å²) in [6.07, 6.45) is 0. The average Bonchev–Trinajstić information content (AvgIpc) is 2.16. The number of benzene rings is 1. The van der Waals surface area contributed by atoms with Crippen molar-refractivity contribution in [3.8, 4) is 0 Å². The van der Waals surface area contributed by atoms with Gasteiger partial charge in [0.15, 0.2) is 0 Å². The van der Waals surface area contributed by atoms with Crippen LogP contribution < -0.4 is 0 Å². The van der Waals surface area contributed by atoms with Crippen LogP contribution in [0.25, 0.3) is 0 Å². The van der Waals surface area contributed by atoms with Gasteiger partial charge in [0, 0.05) is 5.56 Å². The molecule has 88 valence electrons. The molecule has 0 amide bonds. The Morgan fingerprint density at radius 2 is 1.94 bits per heavy atom. The molecule has 0 radical (unpaired) electrons. The number of aryl methyl sites for hydroxylation is 1. The zero-order chi connectivity index (χ0) is 12.3. The van der Waals surface area contributed by atoms with Crippen LogP contribution in [0.2, 0.25) is 0 Å². The molecule has 0 saturated carbocycles. The van der Waals surface area contributed by atoms with Crippen molar-refractivity contribution in [2.75, 3.05) is 0 Å². The molecule has 0 heterocycles. The molecule has 2 nitrogen and oxygen atoms in total. The second kappa shape index (κ2) is 5.02. The first kappa shape index (κ1) is 13.3. The van der Waals surface area contributed by atoms with Crippen molar-refractivity contribution in [2.24, 2.45) is 4.40 Å². The van der Waals surface area contributed by atoms with Gasteiger partial charge in [0.25, 0.3) is 0 Å². The van der Waals surface area contributed by atoms with Gasteiger partial charge in [0.2, 0.25) is 0 Å². The van der Waals surface area contributed by atoms with Crippen LogP contribution in [0.5, 0.6) is 0 Å². The molecule has 0 spiro atoms. The smallest absolute Gasteiger partial charge is 0.144 e. The molecule has 0 N–H and O–H groups in total. The van der Waals surface area contributed by atoms with E-state index < -0.39 is 11.4 Å². The highest BCUT2D eigenvalue weighted by Crippen LogP contribution is 2.18. The van der Waals surface area contributed by atoms with E-state index in [0.717, 1.165) is 11.3 Å². The van der Waals surface area contributed by atoms with Gasteiger partial charge in [-0.1, -0.05) is 34.2 Å². The molecule has 0 unspecified atom stereocenters. The van der Waals surface area contributed by atoms with Crippen molar-refractivity contribution >= 4 is 17.1 Å². The molecule has 0 aromatic heterocycles. The summed E-state index contributed by atoms with van der Waals surface area (Å²) in [7, 11) is 0. The molecule has 1 aromatic carbocycles. The van der Waals surface area contributed by atoms with Crippen LogP contribution in [-0.2, 0) is 11.4 Å². The molecule has 3 heteroatoms. The quantitative estimate of drug-likeness (QED) is 0.574. The Labute approximate surface area is 101 Å². The average molecular weight is 237 g/mol. The minimum atomic E-state index is -1.19. The normalized spacial score (nSPS) is 15.0. The summed E-state index contributed by atoms with van der Waals surface area (Å²) in [6, 6.07) is 8.07. The van der Waals surface area contributed by atoms with Crippen molar-refractivity contribution in [3.05, 3.63) is 35.4 Å². The Morgan fingerprint density at radius 1 is 1.31 bits per heavy atom. The van der Waals surface area contributed by atoms with E-state index in [9.17, 15) is 4.55 Å². The van der Waals surface area contributed by atoms with Gasteiger partial charge >= 0.3 is 0 Å². The van der Waals surface area contributed by atoms with Crippen LogP contribution in [0.1, 0.15) is 38.8 Å². The number of nitrogens with zero attached hydrogens (tertiary/aromatic N) is 1. The summed E-state index contributed by atoms with van der Waals surface area (Å²) in [5.74, 6) is 0. The van der Waals surface area contributed by atoms with Crippen molar-refractivity contribution in [1.29, 1.82) is 0 Å². The molecule has 1 aromatic rings. The van der Waals surface area contributed by atoms with E-state index in [2.05, 4.69) is 10.5 Å². The third kappa shape index (κ3) is 3.65. The third-order valence-corrected chi connectivity index (χ3v) is 3.67. The molecule has 0 saturated heterocycles. The highest BCUT2D eigenvalue weighted by Gasteiger charge is 2.26. The van der Waals surface area contributed by atoms with Crippen LogP contribution in [0.4, 0.5) is 0 Å². The zero-order valence-corrected chi connectivity index (χ0v) is 11.4. The van der Waals surface area contributed by atoms with E-state index in [4.69, 9.17) is 0 Å². The Balaban J connectivity index is 2.94. The molecule has 0 fully saturated rings. The molecule has 1 rings (SSSR count). The fourth-order valence-corrected chi connectivity index (χ4v) is 1.81. The molecule has 0 aliphatic carbocycles. The topological polar surface area (TPSA) is 35.4 Å². The summed E-state index contributed by atoms with van der Waals surface area (Å²) >= 11 is -1.19. The molecule has 16 heavy (non-hydrogen) atoms. The van der Waals surface area contributed by atoms with Gasteiger partial charge in [0.1, 0.15) is 16.1 Å². The van der Waals surface area contributed by atoms with Crippen LogP contribution in [0, 0.1) is 6.92 Å². The van der Waals surface area contributed by atoms with Gasteiger partial charge in [-0.3, -0.25) is 0 Å². The van der Waals surface area contributed by atoms with Crippen molar-refractivity contribution in [3.63, 3.8) is 0 Å². The van der Waals surface area contributed by atoms with Gasteiger partial charge in [-0.2, -0.15) is 0 Å². The maximum absolute atomic E-state index is 11.9. The number of hydrogen-bond donors (Lipinski definition) is 0. The summed E-state index contributed by atoms with van der Waals surface area (Å²) in [5.41, 5.74) is 3.06. The standard InChI is InChI=1S/C13H19NOS/c1-10-7-6-8-12(9-10)11(2)14-16(15)13(3,4)5/h6-9H,1-5H3/t16-/m1/s1. The Morgan fingerprint density at radius 3 is 2.44 bits per heavy atom.